The summed E-state index contributed by atoms with van der Waals surface area (Å²) in [4.78, 5) is 14.0. The second kappa shape index (κ2) is 9.22. The first-order valence-corrected chi connectivity index (χ1v) is 12.7. The molecular weight excluding hydrogens is 442 g/mol. The Bertz CT molecular complexity index is 1190. The molecule has 2 heterocycles. The predicted molar refractivity (Wildman–Crippen MR) is 141 cm³/mol. The van der Waals surface area contributed by atoms with Crippen molar-refractivity contribution >= 4 is 23.2 Å². The molecule has 2 aromatic carbocycles. The van der Waals surface area contributed by atoms with E-state index in [-0.39, 0.29) is 22.8 Å². The van der Waals surface area contributed by atoms with E-state index in [2.05, 4.69) is 69.4 Å². The molecule has 3 aromatic rings. The van der Waals surface area contributed by atoms with Crippen LogP contribution in [0.25, 0.3) is 0 Å². The highest BCUT2D eigenvalue weighted by molar-refractivity contribution is 6.31. The van der Waals surface area contributed by atoms with Gasteiger partial charge < -0.3 is 5.32 Å². The van der Waals surface area contributed by atoms with Gasteiger partial charge in [-0.25, -0.2) is 4.68 Å². The predicted octanol–water partition coefficient (Wildman–Crippen LogP) is 7.78. The van der Waals surface area contributed by atoms with E-state index >= 15 is 0 Å². The molecule has 0 amide bonds. The number of fused-ring (bicyclic) bond motifs is 1. The summed E-state index contributed by atoms with van der Waals surface area (Å²) < 4.78 is 2.03. The molecule has 0 aliphatic carbocycles. The van der Waals surface area contributed by atoms with Gasteiger partial charge in [-0.15, -0.1) is 0 Å². The standard InChI is InChI=1S/C29H36ClN3O/c1-7-29(8-2,22-14-15-23(30)19(3)16-22)18-25(34)26-20(4)32-33-27(26)31-24(17-28(33,5)6)21-12-10-9-11-13-21/h9-16,24,31H,7-8,17-18H2,1-6H3/t24-/m1/s1. The van der Waals surface area contributed by atoms with E-state index < -0.39 is 0 Å². The molecule has 4 nitrogen and oxygen atoms in total. The molecule has 1 atom stereocenters. The zero-order valence-corrected chi connectivity index (χ0v) is 22.0. The minimum atomic E-state index is -0.239. The topological polar surface area (TPSA) is 46.9 Å². The molecule has 4 rings (SSSR count). The lowest BCUT2D eigenvalue weighted by molar-refractivity contribution is 0.0944. The van der Waals surface area contributed by atoms with Gasteiger partial charge in [0.15, 0.2) is 5.78 Å². The summed E-state index contributed by atoms with van der Waals surface area (Å²) in [5.74, 6) is 0.994. The van der Waals surface area contributed by atoms with Gasteiger partial charge in [-0.2, -0.15) is 5.10 Å². The van der Waals surface area contributed by atoms with E-state index in [4.69, 9.17) is 16.7 Å². The fourth-order valence-corrected chi connectivity index (χ4v) is 5.62. The summed E-state index contributed by atoms with van der Waals surface area (Å²) in [6.45, 7) is 12.7. The zero-order chi connectivity index (χ0) is 24.7. The molecule has 1 aromatic heterocycles. The number of benzene rings is 2. The highest BCUT2D eigenvalue weighted by Crippen LogP contribution is 2.43. The fourth-order valence-electron chi connectivity index (χ4n) is 5.50. The van der Waals surface area contributed by atoms with Gasteiger partial charge in [0, 0.05) is 16.9 Å². The summed E-state index contributed by atoms with van der Waals surface area (Å²) in [6.07, 6.45) is 3.10. The van der Waals surface area contributed by atoms with E-state index in [1.54, 1.807) is 0 Å². The minimum absolute atomic E-state index is 0.132. The molecule has 1 aliphatic heterocycles. The van der Waals surface area contributed by atoms with Crippen LogP contribution in [-0.2, 0) is 11.0 Å². The molecule has 0 bridgehead atoms. The number of hydrogen-bond donors (Lipinski definition) is 1. The SMILES string of the molecule is CCC(CC)(CC(=O)c1c(C)nn2c1N[C@@H](c1ccccc1)CC2(C)C)c1ccc(Cl)c(C)c1. The Kier molecular flexibility index (Phi) is 6.65. The number of halogens is 1. The zero-order valence-electron chi connectivity index (χ0n) is 21.2. The van der Waals surface area contributed by atoms with Crippen molar-refractivity contribution in [2.75, 3.05) is 5.32 Å². The lowest BCUT2D eigenvalue weighted by atomic mass is 9.71. The van der Waals surface area contributed by atoms with Crippen LogP contribution >= 0.6 is 11.6 Å². The molecule has 1 aliphatic rings. The van der Waals surface area contributed by atoms with Crippen LogP contribution in [0.4, 0.5) is 5.82 Å². The van der Waals surface area contributed by atoms with Gasteiger partial charge in [0.25, 0.3) is 0 Å². The van der Waals surface area contributed by atoms with Gasteiger partial charge in [-0.1, -0.05) is 67.9 Å². The van der Waals surface area contributed by atoms with Crippen LogP contribution in [0.5, 0.6) is 0 Å². The maximum Gasteiger partial charge on any atom is 0.169 e. The van der Waals surface area contributed by atoms with Crippen molar-refractivity contribution < 1.29 is 4.79 Å². The van der Waals surface area contributed by atoms with Crippen molar-refractivity contribution in [1.82, 2.24) is 9.78 Å². The Morgan fingerprint density at radius 3 is 2.44 bits per heavy atom. The smallest absolute Gasteiger partial charge is 0.169 e. The van der Waals surface area contributed by atoms with E-state index in [1.165, 1.54) is 11.1 Å². The molecule has 0 radical (unpaired) electrons. The molecule has 0 unspecified atom stereocenters. The molecule has 5 heteroatoms. The number of nitrogens with one attached hydrogen (secondary N) is 1. The average molecular weight is 478 g/mol. The third kappa shape index (κ3) is 4.29. The monoisotopic (exact) mass is 477 g/mol. The van der Waals surface area contributed by atoms with Crippen LogP contribution in [0.3, 0.4) is 0 Å². The Morgan fingerprint density at radius 2 is 1.82 bits per heavy atom. The summed E-state index contributed by atoms with van der Waals surface area (Å²) in [5.41, 5.74) is 4.54. The maximum atomic E-state index is 14.0. The highest BCUT2D eigenvalue weighted by Gasteiger charge is 2.40. The molecule has 34 heavy (non-hydrogen) atoms. The molecule has 0 saturated carbocycles. The van der Waals surface area contributed by atoms with Crippen LogP contribution in [0.1, 0.15) is 92.2 Å². The molecule has 1 N–H and O–H groups in total. The Balaban J connectivity index is 1.73. The van der Waals surface area contributed by atoms with E-state index in [9.17, 15) is 4.79 Å². The number of hydrogen-bond acceptors (Lipinski definition) is 3. The van der Waals surface area contributed by atoms with Crippen LogP contribution in [0.2, 0.25) is 5.02 Å². The third-order valence-corrected chi connectivity index (χ3v) is 8.18. The number of carbonyl (C=O) groups is 1. The largest absolute Gasteiger partial charge is 0.363 e. The van der Waals surface area contributed by atoms with Crippen LogP contribution in [0, 0.1) is 13.8 Å². The van der Waals surface area contributed by atoms with Crippen molar-refractivity contribution in [3.63, 3.8) is 0 Å². The second-order valence-electron chi connectivity index (χ2n) is 10.4. The van der Waals surface area contributed by atoms with Crippen molar-refractivity contribution in [1.29, 1.82) is 0 Å². The second-order valence-corrected chi connectivity index (χ2v) is 10.8. The van der Waals surface area contributed by atoms with Gasteiger partial charge in [0.05, 0.1) is 22.8 Å². The number of aryl methyl sites for hydroxylation is 2. The number of nitrogens with zero attached hydrogens (tertiary/aromatic N) is 2. The lowest BCUT2D eigenvalue weighted by Crippen LogP contribution is -2.38. The Labute approximate surface area is 208 Å². The summed E-state index contributed by atoms with van der Waals surface area (Å²) in [6, 6.07) is 16.8. The first kappa shape index (κ1) is 24.5. The molecule has 0 spiro atoms. The first-order valence-electron chi connectivity index (χ1n) is 12.3. The van der Waals surface area contributed by atoms with Gasteiger partial charge in [0.1, 0.15) is 5.82 Å². The van der Waals surface area contributed by atoms with Crippen LogP contribution in [0.15, 0.2) is 48.5 Å². The lowest BCUT2D eigenvalue weighted by Gasteiger charge is -2.38. The minimum Gasteiger partial charge on any atom is -0.363 e. The van der Waals surface area contributed by atoms with E-state index in [0.717, 1.165) is 46.9 Å². The quantitative estimate of drug-likeness (QED) is 0.353. The van der Waals surface area contributed by atoms with Crippen molar-refractivity contribution in [3.05, 3.63) is 81.5 Å². The average Bonchev–Trinajstić information content (AvgIpc) is 3.16. The van der Waals surface area contributed by atoms with Gasteiger partial charge in [-0.3, -0.25) is 4.79 Å². The molecule has 0 saturated heterocycles. The summed E-state index contributed by atoms with van der Waals surface area (Å²) >= 11 is 6.31. The van der Waals surface area contributed by atoms with Gasteiger partial charge in [-0.05, 0) is 69.7 Å². The Morgan fingerprint density at radius 1 is 1.15 bits per heavy atom. The van der Waals surface area contributed by atoms with Gasteiger partial charge in [0.2, 0.25) is 0 Å². The molecular formula is C29H36ClN3O. The summed E-state index contributed by atoms with van der Waals surface area (Å²) in [5, 5.41) is 9.29. The number of carbonyl (C=O) groups excluding carboxylic acids is 1. The normalized spacial score (nSPS) is 17.2. The number of ketones is 1. The van der Waals surface area contributed by atoms with E-state index in [1.807, 2.05) is 30.7 Å². The number of anilines is 1. The number of Topliss-reactive ketones (excluding diaryl/α,β-unsaturated/α-hetero) is 1. The molecule has 180 valence electrons. The fraction of sp³-hybridized carbons (Fsp3) is 0.448. The third-order valence-electron chi connectivity index (χ3n) is 7.75. The maximum absolute atomic E-state index is 14.0. The Hall–Kier alpha value is -2.59. The first-order chi connectivity index (χ1) is 16.1. The van der Waals surface area contributed by atoms with Crippen molar-refractivity contribution in [2.45, 2.75) is 84.2 Å². The number of rotatable bonds is 7. The van der Waals surface area contributed by atoms with Crippen LogP contribution in [-0.4, -0.2) is 15.6 Å². The van der Waals surface area contributed by atoms with E-state index in [0.29, 0.717) is 6.42 Å². The van der Waals surface area contributed by atoms with Crippen molar-refractivity contribution in [3.8, 4) is 0 Å². The van der Waals surface area contributed by atoms with Crippen LogP contribution < -0.4 is 5.32 Å². The molecule has 0 fully saturated rings. The van der Waals surface area contributed by atoms with Gasteiger partial charge >= 0.3 is 0 Å². The van der Waals surface area contributed by atoms with Crippen molar-refractivity contribution in [2.24, 2.45) is 0 Å². The summed E-state index contributed by atoms with van der Waals surface area (Å²) in [7, 11) is 0. The highest BCUT2D eigenvalue weighted by atomic mass is 35.5. The number of aromatic nitrogens is 2.